The highest BCUT2D eigenvalue weighted by Gasteiger charge is 2.39. The van der Waals surface area contributed by atoms with Crippen LogP contribution < -0.4 is 10.6 Å². The number of amides is 3. The van der Waals surface area contributed by atoms with Gasteiger partial charge in [0.2, 0.25) is 11.8 Å². The van der Waals surface area contributed by atoms with Gasteiger partial charge in [-0.1, -0.05) is 29.8 Å². The molecule has 0 aromatic heterocycles. The first-order valence-electron chi connectivity index (χ1n) is 10.6. The van der Waals surface area contributed by atoms with Gasteiger partial charge in [0.25, 0.3) is 0 Å². The molecule has 1 aromatic rings. The van der Waals surface area contributed by atoms with Crippen LogP contribution in [0.1, 0.15) is 71.0 Å². The van der Waals surface area contributed by atoms with E-state index in [1.807, 2.05) is 45.0 Å². The third kappa shape index (κ3) is 6.75. The lowest BCUT2D eigenvalue weighted by atomic mass is 9.88. The molecule has 1 unspecified atom stereocenters. The number of rotatable bonds is 7. The summed E-state index contributed by atoms with van der Waals surface area (Å²) in [5.41, 5.74) is 1.19. The monoisotopic (exact) mass is 417 g/mol. The second kappa shape index (κ2) is 9.96. The molecule has 7 heteroatoms. The van der Waals surface area contributed by atoms with Crippen LogP contribution in [0.3, 0.4) is 0 Å². The van der Waals surface area contributed by atoms with Gasteiger partial charge in [0, 0.05) is 12.1 Å². The maximum Gasteiger partial charge on any atom is 0.408 e. The van der Waals surface area contributed by atoms with Crippen molar-refractivity contribution in [3.8, 4) is 0 Å². The normalized spacial score (nSPS) is 15.2. The predicted molar refractivity (Wildman–Crippen MR) is 116 cm³/mol. The summed E-state index contributed by atoms with van der Waals surface area (Å²) < 4.78 is 5.23. The summed E-state index contributed by atoms with van der Waals surface area (Å²) in [4.78, 5) is 40.0. The molecule has 1 aromatic carbocycles. The standard InChI is InChI=1S/C23H35N3O4/c1-15(2)25-21(28)20(17-12-10-16(3)11-13-17)26(18-8-7-9-18)19(27)14-24-22(29)30-23(4,5)6/h10-13,15,18,20H,7-9,14H2,1-6H3,(H,24,29)(H,25,28). The average molecular weight is 418 g/mol. The van der Waals surface area contributed by atoms with Crippen molar-refractivity contribution in [1.82, 2.24) is 15.5 Å². The Morgan fingerprint density at radius 2 is 1.73 bits per heavy atom. The van der Waals surface area contributed by atoms with E-state index in [9.17, 15) is 14.4 Å². The van der Waals surface area contributed by atoms with Gasteiger partial charge in [0.15, 0.2) is 0 Å². The SMILES string of the molecule is Cc1ccc(C(C(=O)NC(C)C)N(C(=O)CNC(=O)OC(C)(C)C)C2CCC2)cc1. The summed E-state index contributed by atoms with van der Waals surface area (Å²) in [7, 11) is 0. The van der Waals surface area contributed by atoms with Gasteiger partial charge >= 0.3 is 6.09 Å². The Bertz CT molecular complexity index is 749. The third-order valence-corrected chi connectivity index (χ3v) is 4.89. The van der Waals surface area contributed by atoms with Crippen LogP contribution in [-0.2, 0) is 14.3 Å². The van der Waals surface area contributed by atoms with E-state index in [-0.39, 0.29) is 30.4 Å². The van der Waals surface area contributed by atoms with Crippen LogP contribution in [0, 0.1) is 6.92 Å². The zero-order valence-electron chi connectivity index (χ0n) is 19.0. The van der Waals surface area contributed by atoms with Crippen LogP contribution in [0.4, 0.5) is 4.79 Å². The van der Waals surface area contributed by atoms with Crippen molar-refractivity contribution in [2.24, 2.45) is 0 Å². The molecule has 0 heterocycles. The number of carbonyl (C=O) groups is 3. The maximum atomic E-state index is 13.2. The fourth-order valence-corrected chi connectivity index (χ4v) is 3.33. The highest BCUT2D eigenvalue weighted by atomic mass is 16.6. The lowest BCUT2D eigenvalue weighted by molar-refractivity contribution is -0.145. The lowest BCUT2D eigenvalue weighted by Gasteiger charge is -2.42. The largest absolute Gasteiger partial charge is 0.444 e. The van der Waals surface area contributed by atoms with Gasteiger partial charge in [0.05, 0.1) is 0 Å². The molecule has 0 spiro atoms. The van der Waals surface area contributed by atoms with Crippen LogP contribution in [-0.4, -0.2) is 47.0 Å². The molecular formula is C23H35N3O4. The van der Waals surface area contributed by atoms with E-state index in [0.29, 0.717) is 0 Å². The second-order valence-electron chi connectivity index (χ2n) is 9.22. The summed E-state index contributed by atoms with van der Waals surface area (Å²) in [6.45, 7) is 10.8. The molecule has 1 aliphatic rings. The van der Waals surface area contributed by atoms with Crippen molar-refractivity contribution in [2.45, 2.75) is 84.5 Å². The van der Waals surface area contributed by atoms with Crippen LogP contribution in [0.2, 0.25) is 0 Å². The number of benzene rings is 1. The van der Waals surface area contributed by atoms with Gasteiger partial charge in [-0.15, -0.1) is 0 Å². The second-order valence-corrected chi connectivity index (χ2v) is 9.22. The number of hydrogen-bond acceptors (Lipinski definition) is 4. The summed E-state index contributed by atoms with van der Waals surface area (Å²) in [5.74, 6) is -0.513. The maximum absolute atomic E-state index is 13.2. The van der Waals surface area contributed by atoms with Crippen LogP contribution in [0.15, 0.2) is 24.3 Å². The minimum Gasteiger partial charge on any atom is -0.444 e. The number of alkyl carbamates (subject to hydrolysis) is 1. The summed E-state index contributed by atoms with van der Waals surface area (Å²) >= 11 is 0. The molecule has 1 atom stereocenters. The van der Waals surface area contributed by atoms with Gasteiger partial charge in [-0.05, 0) is 66.4 Å². The molecule has 2 rings (SSSR count). The summed E-state index contributed by atoms with van der Waals surface area (Å²) in [6, 6.07) is 6.83. The van der Waals surface area contributed by atoms with Crippen molar-refractivity contribution in [2.75, 3.05) is 6.54 Å². The van der Waals surface area contributed by atoms with Crippen LogP contribution in [0.5, 0.6) is 0 Å². The zero-order chi connectivity index (χ0) is 22.5. The number of nitrogens with one attached hydrogen (secondary N) is 2. The number of ether oxygens (including phenoxy) is 1. The fraction of sp³-hybridized carbons (Fsp3) is 0.609. The Balaban J connectivity index is 2.26. The first kappa shape index (κ1) is 23.7. The Morgan fingerprint density at radius 1 is 1.13 bits per heavy atom. The lowest BCUT2D eigenvalue weighted by Crippen LogP contribution is -2.54. The van der Waals surface area contributed by atoms with Crippen molar-refractivity contribution in [3.05, 3.63) is 35.4 Å². The van der Waals surface area contributed by atoms with E-state index in [4.69, 9.17) is 4.74 Å². The Labute approximate surface area is 179 Å². The number of aryl methyl sites for hydroxylation is 1. The van der Waals surface area contributed by atoms with Gasteiger partial charge in [-0.3, -0.25) is 9.59 Å². The Kier molecular flexibility index (Phi) is 7.87. The van der Waals surface area contributed by atoms with Crippen molar-refractivity contribution >= 4 is 17.9 Å². The Morgan fingerprint density at radius 3 is 2.20 bits per heavy atom. The van der Waals surface area contributed by atoms with E-state index < -0.39 is 17.7 Å². The topological polar surface area (TPSA) is 87.7 Å². The van der Waals surface area contributed by atoms with Gasteiger partial charge in [0.1, 0.15) is 18.2 Å². The molecular weight excluding hydrogens is 382 g/mol. The molecule has 30 heavy (non-hydrogen) atoms. The molecule has 1 saturated carbocycles. The van der Waals surface area contributed by atoms with Crippen LogP contribution >= 0.6 is 0 Å². The molecule has 7 nitrogen and oxygen atoms in total. The predicted octanol–water partition coefficient (Wildman–Crippen LogP) is 3.47. The molecule has 0 radical (unpaired) electrons. The highest BCUT2D eigenvalue weighted by Crippen LogP contribution is 2.33. The first-order valence-corrected chi connectivity index (χ1v) is 10.6. The fourth-order valence-electron chi connectivity index (χ4n) is 3.33. The number of nitrogens with zero attached hydrogens (tertiary/aromatic N) is 1. The first-order chi connectivity index (χ1) is 14.0. The third-order valence-electron chi connectivity index (χ3n) is 4.89. The number of hydrogen-bond donors (Lipinski definition) is 2. The van der Waals surface area contributed by atoms with Gasteiger partial charge < -0.3 is 20.3 Å². The van der Waals surface area contributed by atoms with Crippen molar-refractivity contribution in [3.63, 3.8) is 0 Å². The van der Waals surface area contributed by atoms with E-state index in [0.717, 1.165) is 30.4 Å². The van der Waals surface area contributed by atoms with Crippen LogP contribution in [0.25, 0.3) is 0 Å². The van der Waals surface area contributed by atoms with E-state index in [1.165, 1.54) is 0 Å². The average Bonchev–Trinajstić information content (AvgIpc) is 2.57. The zero-order valence-corrected chi connectivity index (χ0v) is 19.0. The minimum atomic E-state index is -0.744. The van der Waals surface area contributed by atoms with E-state index in [2.05, 4.69) is 10.6 Å². The molecule has 1 aliphatic carbocycles. The van der Waals surface area contributed by atoms with E-state index >= 15 is 0 Å². The highest BCUT2D eigenvalue weighted by molar-refractivity contribution is 5.90. The van der Waals surface area contributed by atoms with Crippen molar-refractivity contribution < 1.29 is 19.1 Å². The van der Waals surface area contributed by atoms with Crippen molar-refractivity contribution in [1.29, 1.82) is 0 Å². The Hall–Kier alpha value is -2.57. The smallest absolute Gasteiger partial charge is 0.408 e. The summed E-state index contributed by atoms with van der Waals surface area (Å²) in [6.07, 6.45) is 2.05. The molecule has 166 valence electrons. The number of carbonyl (C=O) groups excluding carboxylic acids is 3. The summed E-state index contributed by atoms with van der Waals surface area (Å²) in [5, 5.41) is 5.48. The molecule has 0 saturated heterocycles. The van der Waals surface area contributed by atoms with Gasteiger partial charge in [-0.2, -0.15) is 0 Å². The molecule has 3 amide bonds. The quantitative estimate of drug-likeness (QED) is 0.711. The molecule has 0 aliphatic heterocycles. The molecule has 1 fully saturated rings. The minimum absolute atomic E-state index is 0.0258. The molecule has 2 N–H and O–H groups in total. The van der Waals surface area contributed by atoms with Gasteiger partial charge in [-0.25, -0.2) is 4.79 Å². The molecule has 0 bridgehead atoms. The van der Waals surface area contributed by atoms with E-state index in [1.54, 1.807) is 25.7 Å².